The van der Waals surface area contributed by atoms with Crippen molar-refractivity contribution >= 4 is 25.8 Å². The molecule has 0 saturated carbocycles. The van der Waals surface area contributed by atoms with Crippen molar-refractivity contribution in [3.63, 3.8) is 0 Å². The Kier molecular flexibility index (Phi) is 7.31. The van der Waals surface area contributed by atoms with Crippen molar-refractivity contribution in [2.45, 2.75) is 43.0 Å². The third-order valence-corrected chi connectivity index (χ3v) is 8.63. The zero-order valence-corrected chi connectivity index (χ0v) is 18.1. The van der Waals surface area contributed by atoms with Crippen molar-refractivity contribution in [2.24, 2.45) is 0 Å². The van der Waals surface area contributed by atoms with E-state index in [1.54, 1.807) is 6.07 Å². The van der Waals surface area contributed by atoms with E-state index in [1.807, 2.05) is 0 Å². The van der Waals surface area contributed by atoms with Gasteiger partial charge in [-0.25, -0.2) is 21.6 Å². The van der Waals surface area contributed by atoms with Crippen LogP contribution in [0.2, 0.25) is 0 Å². The summed E-state index contributed by atoms with van der Waals surface area (Å²) in [6, 6.07) is 5.18. The summed E-state index contributed by atoms with van der Waals surface area (Å²) in [6.07, 6.45) is 4.86. The van der Waals surface area contributed by atoms with Crippen LogP contribution in [-0.4, -0.2) is 71.4 Å². The molecule has 0 aromatic heterocycles. The molecule has 3 rings (SSSR count). The van der Waals surface area contributed by atoms with E-state index in [2.05, 4.69) is 14.9 Å². The molecule has 2 aliphatic heterocycles. The van der Waals surface area contributed by atoms with Crippen molar-refractivity contribution in [3.8, 4) is 0 Å². The van der Waals surface area contributed by atoms with Crippen LogP contribution in [0, 0.1) is 0 Å². The van der Waals surface area contributed by atoms with Crippen LogP contribution in [-0.2, 0) is 19.9 Å². The van der Waals surface area contributed by atoms with E-state index in [1.165, 1.54) is 37.5 Å². The van der Waals surface area contributed by atoms with Gasteiger partial charge in [0.25, 0.3) is 5.91 Å². The van der Waals surface area contributed by atoms with E-state index in [4.69, 9.17) is 0 Å². The minimum Gasteiger partial charge on any atom is -0.352 e. The van der Waals surface area contributed by atoms with Gasteiger partial charge in [-0.3, -0.25) is 4.79 Å². The number of sulfone groups is 1. The lowest BCUT2D eigenvalue weighted by Crippen LogP contribution is -2.35. The molecule has 29 heavy (non-hydrogen) atoms. The van der Waals surface area contributed by atoms with E-state index < -0.39 is 25.9 Å². The van der Waals surface area contributed by atoms with Crippen molar-refractivity contribution in [1.82, 2.24) is 14.9 Å². The minimum atomic E-state index is -3.89. The number of hydrogen-bond donors (Lipinski definition) is 2. The molecule has 0 spiro atoms. The summed E-state index contributed by atoms with van der Waals surface area (Å²) in [5, 5.41) is 2.84. The predicted molar refractivity (Wildman–Crippen MR) is 111 cm³/mol. The number of piperidine rings is 1. The van der Waals surface area contributed by atoms with E-state index in [9.17, 15) is 21.6 Å². The van der Waals surface area contributed by atoms with E-state index >= 15 is 0 Å². The molecule has 1 unspecified atom stereocenters. The number of nitrogens with one attached hydrogen (secondary N) is 2. The molecular formula is C19H29N3O5S2. The largest absolute Gasteiger partial charge is 0.352 e. The van der Waals surface area contributed by atoms with Gasteiger partial charge < -0.3 is 10.2 Å². The van der Waals surface area contributed by atoms with Gasteiger partial charge in [0.1, 0.15) is 0 Å². The number of hydrogen-bond acceptors (Lipinski definition) is 6. The SMILES string of the molecule is O=C(NCCCN1CCCCC1)c1cccc(S(=O)(=O)NC2CCS(=O)(=O)C2)c1. The first-order chi connectivity index (χ1) is 13.8. The van der Waals surface area contributed by atoms with Crippen LogP contribution in [0.1, 0.15) is 42.5 Å². The van der Waals surface area contributed by atoms with E-state index in [-0.39, 0.29) is 34.3 Å². The maximum absolute atomic E-state index is 12.6. The van der Waals surface area contributed by atoms with Gasteiger partial charge in [0, 0.05) is 18.2 Å². The van der Waals surface area contributed by atoms with Crippen LogP contribution in [0.15, 0.2) is 29.2 Å². The van der Waals surface area contributed by atoms with Gasteiger partial charge in [0.05, 0.1) is 16.4 Å². The Hall–Kier alpha value is -1.49. The number of nitrogens with zero attached hydrogens (tertiary/aromatic N) is 1. The first-order valence-electron chi connectivity index (χ1n) is 10.1. The van der Waals surface area contributed by atoms with Crippen LogP contribution in [0.5, 0.6) is 0 Å². The topological polar surface area (TPSA) is 113 Å². The Bertz CT molecular complexity index is 925. The summed E-state index contributed by atoms with van der Waals surface area (Å²) in [5.74, 6) is -0.520. The quantitative estimate of drug-likeness (QED) is 0.574. The Balaban J connectivity index is 1.53. The first kappa shape index (κ1) is 22.2. The number of carbonyl (C=O) groups is 1. The summed E-state index contributed by atoms with van der Waals surface area (Å²) in [4.78, 5) is 14.7. The number of benzene rings is 1. The average Bonchev–Trinajstić information content (AvgIpc) is 3.03. The van der Waals surface area contributed by atoms with Gasteiger partial charge in [-0.15, -0.1) is 0 Å². The number of rotatable bonds is 8. The van der Waals surface area contributed by atoms with Gasteiger partial charge in [-0.1, -0.05) is 12.5 Å². The summed E-state index contributed by atoms with van der Waals surface area (Å²) in [5.41, 5.74) is 0.268. The summed E-state index contributed by atoms with van der Waals surface area (Å²) < 4.78 is 50.7. The molecule has 0 bridgehead atoms. The highest BCUT2D eigenvalue weighted by molar-refractivity contribution is 7.92. The monoisotopic (exact) mass is 443 g/mol. The Morgan fingerprint density at radius 2 is 1.93 bits per heavy atom. The number of amides is 1. The smallest absolute Gasteiger partial charge is 0.251 e. The average molecular weight is 444 g/mol. The van der Waals surface area contributed by atoms with Crippen LogP contribution < -0.4 is 10.0 Å². The van der Waals surface area contributed by atoms with Gasteiger partial charge in [-0.2, -0.15) is 0 Å². The van der Waals surface area contributed by atoms with Gasteiger partial charge in [0.2, 0.25) is 10.0 Å². The molecule has 10 heteroatoms. The van der Waals surface area contributed by atoms with Crippen LogP contribution >= 0.6 is 0 Å². The summed E-state index contributed by atoms with van der Waals surface area (Å²) in [6.45, 7) is 3.71. The lowest BCUT2D eigenvalue weighted by atomic mass is 10.1. The molecule has 2 fully saturated rings. The third-order valence-electron chi connectivity index (χ3n) is 5.35. The fourth-order valence-electron chi connectivity index (χ4n) is 3.77. The Labute approximate surface area is 173 Å². The maximum Gasteiger partial charge on any atom is 0.251 e. The fourth-order valence-corrected chi connectivity index (χ4v) is 6.86. The Morgan fingerprint density at radius 3 is 2.62 bits per heavy atom. The van der Waals surface area contributed by atoms with Crippen molar-refractivity contribution in [3.05, 3.63) is 29.8 Å². The highest BCUT2D eigenvalue weighted by Crippen LogP contribution is 2.17. The predicted octanol–water partition coefficient (Wildman–Crippen LogP) is 0.758. The zero-order chi connectivity index (χ0) is 20.9. The van der Waals surface area contributed by atoms with Crippen molar-refractivity contribution in [2.75, 3.05) is 37.7 Å². The number of sulfonamides is 1. The fraction of sp³-hybridized carbons (Fsp3) is 0.632. The minimum absolute atomic E-state index is 0.0138. The van der Waals surface area contributed by atoms with Crippen LogP contribution in [0.3, 0.4) is 0 Å². The van der Waals surface area contributed by atoms with E-state index in [0.717, 1.165) is 26.1 Å². The Morgan fingerprint density at radius 1 is 1.17 bits per heavy atom. The molecule has 2 aliphatic rings. The molecule has 0 aliphatic carbocycles. The highest BCUT2D eigenvalue weighted by atomic mass is 32.2. The lowest BCUT2D eigenvalue weighted by molar-refractivity contribution is 0.0951. The maximum atomic E-state index is 12.6. The normalized spacial score (nSPS) is 22.4. The molecular weight excluding hydrogens is 414 g/mol. The standard InChI is InChI=1S/C19H29N3O5S2/c23-19(20-9-5-12-22-10-2-1-3-11-22)16-6-4-7-18(14-16)29(26,27)21-17-8-13-28(24,25)15-17/h4,6-7,14,17,21H,1-3,5,8-13,15H2,(H,20,23). The van der Waals surface area contributed by atoms with Gasteiger partial charge in [0.15, 0.2) is 9.84 Å². The molecule has 1 amide bonds. The summed E-state index contributed by atoms with van der Waals surface area (Å²) >= 11 is 0. The molecule has 2 saturated heterocycles. The first-order valence-corrected chi connectivity index (χ1v) is 13.4. The molecule has 2 heterocycles. The lowest BCUT2D eigenvalue weighted by Gasteiger charge is -2.26. The highest BCUT2D eigenvalue weighted by Gasteiger charge is 2.31. The molecule has 1 aromatic carbocycles. The van der Waals surface area contributed by atoms with Crippen LogP contribution in [0.25, 0.3) is 0 Å². The summed E-state index contributed by atoms with van der Waals surface area (Å²) in [7, 11) is -7.08. The molecule has 0 radical (unpaired) electrons. The molecule has 1 aromatic rings. The van der Waals surface area contributed by atoms with E-state index in [0.29, 0.717) is 6.54 Å². The number of carbonyl (C=O) groups excluding carboxylic acids is 1. The second-order valence-corrected chi connectivity index (χ2v) is 11.7. The second-order valence-electron chi connectivity index (χ2n) is 7.76. The third kappa shape index (κ3) is 6.50. The van der Waals surface area contributed by atoms with Gasteiger partial charge in [-0.05, 0) is 63.5 Å². The second kappa shape index (κ2) is 9.55. The number of likely N-dealkylation sites (tertiary alicyclic amines) is 1. The van der Waals surface area contributed by atoms with Crippen LogP contribution in [0.4, 0.5) is 0 Å². The molecule has 8 nitrogen and oxygen atoms in total. The molecule has 1 atom stereocenters. The molecule has 2 N–H and O–H groups in total. The van der Waals surface area contributed by atoms with Gasteiger partial charge >= 0.3 is 0 Å². The zero-order valence-electron chi connectivity index (χ0n) is 16.5. The molecule has 162 valence electrons. The van der Waals surface area contributed by atoms with Crippen molar-refractivity contribution in [1.29, 1.82) is 0 Å². The van der Waals surface area contributed by atoms with Crippen molar-refractivity contribution < 1.29 is 21.6 Å².